The summed E-state index contributed by atoms with van der Waals surface area (Å²) in [5, 5.41) is 0. The number of nitrogens with zero attached hydrogens (tertiary/aromatic N) is 2. The maximum absolute atomic E-state index is 5.96. The zero-order chi connectivity index (χ0) is 12.8. The number of aryl methyl sites for hydroxylation is 1. The van der Waals surface area contributed by atoms with Crippen LogP contribution in [0.15, 0.2) is 0 Å². The van der Waals surface area contributed by atoms with E-state index in [4.69, 9.17) is 10.5 Å². The topological polar surface area (TPSA) is 61.0 Å². The number of hydrogen-bond donors (Lipinski definition) is 1. The molecule has 0 spiro atoms. The molecule has 0 bridgehead atoms. The average Bonchev–Trinajstić information content (AvgIpc) is 2.28. The first-order valence-corrected chi connectivity index (χ1v) is 6.38. The normalized spacial score (nSPS) is 12.7. The SMILES string of the molecule is CCCC(OCC)c1nc(C)c(CC)c(N)n1. The van der Waals surface area contributed by atoms with Gasteiger partial charge in [0.2, 0.25) is 0 Å². The predicted molar refractivity (Wildman–Crippen MR) is 69.8 cm³/mol. The standard InChI is InChI=1S/C13H23N3O/c1-5-8-11(17-7-3)13-15-9(4)10(6-2)12(14)16-13/h11H,5-8H2,1-4H3,(H2,14,15,16). The van der Waals surface area contributed by atoms with Gasteiger partial charge in [0.25, 0.3) is 0 Å². The zero-order valence-corrected chi connectivity index (χ0v) is 11.3. The van der Waals surface area contributed by atoms with Gasteiger partial charge in [0, 0.05) is 17.9 Å². The minimum atomic E-state index is -0.0306. The van der Waals surface area contributed by atoms with Gasteiger partial charge in [-0.1, -0.05) is 20.3 Å². The number of nitrogen functional groups attached to an aromatic ring is 1. The molecule has 1 atom stereocenters. The highest BCUT2D eigenvalue weighted by Crippen LogP contribution is 2.23. The van der Waals surface area contributed by atoms with Crippen LogP contribution in [0.4, 0.5) is 5.82 Å². The molecule has 0 radical (unpaired) electrons. The fourth-order valence-electron chi connectivity index (χ4n) is 1.97. The summed E-state index contributed by atoms with van der Waals surface area (Å²) < 4.78 is 5.67. The minimum absolute atomic E-state index is 0.0306. The second kappa shape index (κ2) is 6.55. The highest BCUT2D eigenvalue weighted by Gasteiger charge is 2.16. The molecule has 1 aromatic heterocycles. The van der Waals surface area contributed by atoms with E-state index in [2.05, 4.69) is 23.8 Å². The van der Waals surface area contributed by atoms with Gasteiger partial charge in [-0.3, -0.25) is 0 Å². The van der Waals surface area contributed by atoms with Crippen molar-refractivity contribution in [2.75, 3.05) is 12.3 Å². The van der Waals surface area contributed by atoms with Crippen molar-refractivity contribution in [2.24, 2.45) is 0 Å². The van der Waals surface area contributed by atoms with Gasteiger partial charge in [-0.2, -0.15) is 0 Å². The van der Waals surface area contributed by atoms with E-state index in [9.17, 15) is 0 Å². The minimum Gasteiger partial charge on any atom is -0.383 e. The molecule has 0 saturated carbocycles. The monoisotopic (exact) mass is 237 g/mol. The maximum atomic E-state index is 5.96. The Bertz CT molecular complexity index is 337. The Kier molecular flexibility index (Phi) is 5.35. The molecule has 0 aliphatic heterocycles. The summed E-state index contributed by atoms with van der Waals surface area (Å²) in [6.45, 7) is 8.83. The Hall–Kier alpha value is -1.16. The van der Waals surface area contributed by atoms with E-state index in [1.54, 1.807) is 0 Å². The van der Waals surface area contributed by atoms with Crippen LogP contribution < -0.4 is 5.73 Å². The van der Waals surface area contributed by atoms with E-state index in [1.807, 2.05) is 13.8 Å². The van der Waals surface area contributed by atoms with Crippen LogP contribution in [0.25, 0.3) is 0 Å². The second-order valence-electron chi connectivity index (χ2n) is 4.12. The van der Waals surface area contributed by atoms with Gasteiger partial charge in [-0.05, 0) is 26.7 Å². The lowest BCUT2D eigenvalue weighted by molar-refractivity contribution is 0.0493. The Balaban J connectivity index is 3.03. The summed E-state index contributed by atoms with van der Waals surface area (Å²) in [4.78, 5) is 8.91. The summed E-state index contributed by atoms with van der Waals surface area (Å²) in [5.74, 6) is 1.32. The van der Waals surface area contributed by atoms with Crippen molar-refractivity contribution < 1.29 is 4.74 Å². The van der Waals surface area contributed by atoms with Gasteiger partial charge in [-0.25, -0.2) is 9.97 Å². The molecule has 4 heteroatoms. The molecule has 1 unspecified atom stereocenters. The molecule has 0 aromatic carbocycles. The molecule has 96 valence electrons. The van der Waals surface area contributed by atoms with Gasteiger partial charge >= 0.3 is 0 Å². The molecular weight excluding hydrogens is 214 g/mol. The number of anilines is 1. The lowest BCUT2D eigenvalue weighted by Crippen LogP contribution is -2.13. The third-order valence-electron chi connectivity index (χ3n) is 2.82. The van der Waals surface area contributed by atoms with E-state index in [-0.39, 0.29) is 6.10 Å². The molecule has 0 amide bonds. The maximum Gasteiger partial charge on any atom is 0.159 e. The third-order valence-corrected chi connectivity index (χ3v) is 2.82. The van der Waals surface area contributed by atoms with Gasteiger partial charge in [-0.15, -0.1) is 0 Å². The van der Waals surface area contributed by atoms with Crippen LogP contribution in [0.2, 0.25) is 0 Å². The highest BCUT2D eigenvalue weighted by atomic mass is 16.5. The quantitative estimate of drug-likeness (QED) is 0.826. The Morgan fingerprint density at radius 1 is 1.24 bits per heavy atom. The second-order valence-corrected chi connectivity index (χ2v) is 4.12. The first-order chi connectivity index (χ1) is 8.13. The molecule has 1 aromatic rings. The van der Waals surface area contributed by atoms with E-state index in [1.165, 1.54) is 0 Å². The fraction of sp³-hybridized carbons (Fsp3) is 0.692. The molecular formula is C13H23N3O. The molecule has 0 saturated heterocycles. The highest BCUT2D eigenvalue weighted by molar-refractivity contribution is 5.42. The van der Waals surface area contributed by atoms with Crippen LogP contribution in [0.3, 0.4) is 0 Å². The summed E-state index contributed by atoms with van der Waals surface area (Å²) in [6.07, 6.45) is 2.81. The van der Waals surface area contributed by atoms with Crippen LogP contribution in [0.1, 0.15) is 56.8 Å². The summed E-state index contributed by atoms with van der Waals surface area (Å²) in [6, 6.07) is 0. The van der Waals surface area contributed by atoms with E-state index >= 15 is 0 Å². The Morgan fingerprint density at radius 3 is 2.41 bits per heavy atom. The van der Waals surface area contributed by atoms with Crippen LogP contribution >= 0.6 is 0 Å². The largest absolute Gasteiger partial charge is 0.383 e. The van der Waals surface area contributed by atoms with Gasteiger partial charge < -0.3 is 10.5 Å². The average molecular weight is 237 g/mol. The first-order valence-electron chi connectivity index (χ1n) is 6.38. The van der Waals surface area contributed by atoms with Crippen molar-refractivity contribution in [2.45, 2.75) is 53.1 Å². The van der Waals surface area contributed by atoms with Crippen LogP contribution in [0, 0.1) is 6.92 Å². The molecule has 1 rings (SSSR count). The number of aromatic nitrogens is 2. The molecule has 2 N–H and O–H groups in total. The number of hydrogen-bond acceptors (Lipinski definition) is 4. The van der Waals surface area contributed by atoms with Gasteiger partial charge in [0.1, 0.15) is 11.9 Å². The van der Waals surface area contributed by atoms with Crippen molar-refractivity contribution in [3.63, 3.8) is 0 Å². The van der Waals surface area contributed by atoms with Gasteiger partial charge in [0.15, 0.2) is 5.82 Å². The predicted octanol–water partition coefficient (Wildman–Crippen LogP) is 2.81. The Morgan fingerprint density at radius 2 is 1.94 bits per heavy atom. The van der Waals surface area contributed by atoms with Crippen molar-refractivity contribution >= 4 is 5.82 Å². The van der Waals surface area contributed by atoms with Crippen LogP contribution in [0.5, 0.6) is 0 Å². The fourth-order valence-corrected chi connectivity index (χ4v) is 1.97. The molecule has 17 heavy (non-hydrogen) atoms. The smallest absolute Gasteiger partial charge is 0.159 e. The number of ether oxygens (including phenoxy) is 1. The lowest BCUT2D eigenvalue weighted by atomic mass is 10.1. The van der Waals surface area contributed by atoms with Gasteiger partial charge in [0.05, 0.1) is 0 Å². The number of nitrogens with two attached hydrogens (primary N) is 1. The summed E-state index contributed by atoms with van der Waals surface area (Å²) in [5.41, 5.74) is 7.97. The van der Waals surface area contributed by atoms with Crippen molar-refractivity contribution in [1.82, 2.24) is 9.97 Å². The summed E-state index contributed by atoms with van der Waals surface area (Å²) >= 11 is 0. The zero-order valence-electron chi connectivity index (χ0n) is 11.3. The molecule has 4 nitrogen and oxygen atoms in total. The van der Waals surface area contributed by atoms with Crippen LogP contribution in [-0.4, -0.2) is 16.6 Å². The van der Waals surface area contributed by atoms with E-state index in [0.717, 1.165) is 36.3 Å². The van der Waals surface area contributed by atoms with Crippen LogP contribution in [-0.2, 0) is 11.2 Å². The van der Waals surface area contributed by atoms with Crippen molar-refractivity contribution in [3.05, 3.63) is 17.1 Å². The van der Waals surface area contributed by atoms with Crippen molar-refractivity contribution in [1.29, 1.82) is 0 Å². The summed E-state index contributed by atoms with van der Waals surface area (Å²) in [7, 11) is 0. The third kappa shape index (κ3) is 3.40. The molecule has 1 heterocycles. The lowest BCUT2D eigenvalue weighted by Gasteiger charge is -2.17. The van der Waals surface area contributed by atoms with E-state index in [0.29, 0.717) is 12.4 Å². The molecule has 0 aliphatic carbocycles. The number of rotatable bonds is 6. The van der Waals surface area contributed by atoms with Crippen molar-refractivity contribution in [3.8, 4) is 0 Å². The molecule has 0 fully saturated rings. The van der Waals surface area contributed by atoms with E-state index < -0.39 is 0 Å². The first kappa shape index (κ1) is 13.9. The molecule has 0 aliphatic rings. The Labute approximate surface area is 104 Å².